The highest BCUT2D eigenvalue weighted by Crippen LogP contribution is 2.11. The van der Waals surface area contributed by atoms with E-state index in [-0.39, 0.29) is 6.04 Å². The first kappa shape index (κ1) is 10.5. The summed E-state index contributed by atoms with van der Waals surface area (Å²) in [6.07, 6.45) is 7.23. The van der Waals surface area contributed by atoms with Gasteiger partial charge < -0.3 is 5.32 Å². The average molecular weight is 216 g/mol. The van der Waals surface area contributed by atoms with Crippen molar-refractivity contribution in [3.05, 3.63) is 23.8 Å². The van der Waals surface area contributed by atoms with Gasteiger partial charge in [-0.25, -0.2) is 14.8 Å². The summed E-state index contributed by atoms with van der Waals surface area (Å²) in [6, 6.07) is -0.340. The summed E-state index contributed by atoms with van der Waals surface area (Å²) in [5, 5.41) is 3.05. The summed E-state index contributed by atoms with van der Waals surface area (Å²) < 4.78 is 0. The molecule has 0 aromatic heterocycles. The normalized spacial score (nSPS) is 25.8. The Morgan fingerprint density at radius 1 is 1.56 bits per heavy atom. The molecule has 0 aromatic rings. The molecule has 1 N–H and O–H groups in total. The topological polar surface area (TPSA) is 66.2 Å². The Hall–Kier alpha value is -2.00. The van der Waals surface area contributed by atoms with Crippen LogP contribution in [-0.4, -0.2) is 36.9 Å². The minimum absolute atomic E-state index is 0.340. The number of guanidine groups is 1. The van der Waals surface area contributed by atoms with Crippen molar-refractivity contribution in [1.82, 2.24) is 5.32 Å². The predicted molar refractivity (Wildman–Crippen MR) is 62.5 cm³/mol. The Bertz CT molecular complexity index is 453. The van der Waals surface area contributed by atoms with Gasteiger partial charge in [0.05, 0.1) is 12.3 Å². The molecule has 1 heterocycles. The Morgan fingerprint density at radius 3 is 3.12 bits per heavy atom. The molecule has 82 valence electrons. The van der Waals surface area contributed by atoms with Crippen LogP contribution in [0.3, 0.4) is 0 Å². The molecule has 0 spiro atoms. The molecular weight excluding hydrogens is 204 g/mol. The number of aliphatic imine (C=N–C) groups is 3. The van der Waals surface area contributed by atoms with Crippen LogP contribution in [0.25, 0.3) is 0 Å². The van der Waals surface area contributed by atoms with Gasteiger partial charge in [-0.1, -0.05) is 17.7 Å². The van der Waals surface area contributed by atoms with E-state index in [0.29, 0.717) is 11.7 Å². The standard InChI is InChI=1S/C11H12N4O/c1-8-2-3-9(10(6-8)14-7-16)15-11-12-4-5-13-11/h2-3,6,10H,4-5H2,1H3,(H,12,13)/b15-9+. The number of isocyanates is 1. The number of hydrogen-bond donors (Lipinski definition) is 1. The second kappa shape index (κ2) is 4.68. The molecule has 1 unspecified atom stereocenters. The van der Waals surface area contributed by atoms with E-state index >= 15 is 0 Å². The molecule has 0 saturated heterocycles. The Balaban J connectivity index is 2.25. The molecule has 0 aromatic carbocycles. The molecule has 0 radical (unpaired) electrons. The fourth-order valence-electron chi connectivity index (χ4n) is 1.55. The summed E-state index contributed by atoms with van der Waals surface area (Å²) in [6.45, 7) is 3.50. The number of rotatable bonds is 1. The summed E-state index contributed by atoms with van der Waals surface area (Å²) in [5.41, 5.74) is 1.77. The third-order valence-electron chi connectivity index (χ3n) is 2.32. The summed E-state index contributed by atoms with van der Waals surface area (Å²) in [5.74, 6) is 0.610. The minimum Gasteiger partial charge on any atom is -0.353 e. The molecule has 1 aliphatic heterocycles. The highest BCUT2D eigenvalue weighted by molar-refractivity contribution is 6.08. The van der Waals surface area contributed by atoms with Crippen LogP contribution < -0.4 is 5.32 Å². The van der Waals surface area contributed by atoms with Gasteiger partial charge in [-0.3, -0.25) is 0 Å². The fraction of sp³-hybridized carbons (Fsp3) is 0.364. The van der Waals surface area contributed by atoms with E-state index < -0.39 is 0 Å². The Morgan fingerprint density at radius 2 is 2.44 bits per heavy atom. The van der Waals surface area contributed by atoms with Crippen molar-refractivity contribution in [2.75, 3.05) is 13.1 Å². The van der Waals surface area contributed by atoms with E-state index in [1.165, 1.54) is 0 Å². The van der Waals surface area contributed by atoms with Crippen molar-refractivity contribution in [2.45, 2.75) is 13.0 Å². The smallest absolute Gasteiger partial charge is 0.235 e. The largest absolute Gasteiger partial charge is 0.353 e. The second-order valence-corrected chi connectivity index (χ2v) is 3.58. The third-order valence-corrected chi connectivity index (χ3v) is 2.32. The highest BCUT2D eigenvalue weighted by atomic mass is 16.1. The van der Waals surface area contributed by atoms with Crippen LogP contribution in [-0.2, 0) is 4.79 Å². The molecule has 5 heteroatoms. The van der Waals surface area contributed by atoms with E-state index in [4.69, 9.17) is 0 Å². The number of carbonyl (C=O) groups excluding carboxylic acids is 1. The first-order chi connectivity index (χ1) is 7.79. The molecule has 1 atom stereocenters. The lowest BCUT2D eigenvalue weighted by Gasteiger charge is -2.11. The van der Waals surface area contributed by atoms with Crippen molar-refractivity contribution < 1.29 is 4.79 Å². The fourth-order valence-corrected chi connectivity index (χ4v) is 1.55. The molecule has 0 fully saturated rings. The van der Waals surface area contributed by atoms with Crippen molar-refractivity contribution in [2.24, 2.45) is 15.0 Å². The van der Waals surface area contributed by atoms with Crippen LogP contribution >= 0.6 is 0 Å². The van der Waals surface area contributed by atoms with E-state index in [0.717, 1.165) is 18.7 Å². The van der Waals surface area contributed by atoms with E-state index in [1.54, 1.807) is 6.08 Å². The van der Waals surface area contributed by atoms with Crippen molar-refractivity contribution in [3.8, 4) is 0 Å². The second-order valence-electron chi connectivity index (χ2n) is 3.58. The van der Waals surface area contributed by atoms with Gasteiger partial charge in [-0.2, -0.15) is 4.99 Å². The third kappa shape index (κ3) is 2.32. The molecule has 1 aliphatic carbocycles. The number of nitrogens with one attached hydrogen (secondary N) is 1. The molecule has 0 saturated carbocycles. The maximum absolute atomic E-state index is 10.3. The average Bonchev–Trinajstić information content (AvgIpc) is 2.75. The molecular formula is C11H12N4O. The van der Waals surface area contributed by atoms with Gasteiger partial charge in [0.2, 0.25) is 12.0 Å². The zero-order chi connectivity index (χ0) is 11.4. The Kier molecular flexibility index (Phi) is 3.08. The molecule has 0 bridgehead atoms. The van der Waals surface area contributed by atoms with Crippen molar-refractivity contribution in [1.29, 1.82) is 0 Å². The lowest BCUT2D eigenvalue weighted by molar-refractivity contribution is 0.563. The first-order valence-corrected chi connectivity index (χ1v) is 5.10. The molecule has 2 aliphatic rings. The summed E-state index contributed by atoms with van der Waals surface area (Å²) >= 11 is 0. The summed E-state index contributed by atoms with van der Waals surface area (Å²) in [4.78, 5) is 22.5. The van der Waals surface area contributed by atoms with Gasteiger partial charge >= 0.3 is 0 Å². The van der Waals surface area contributed by atoms with Crippen LogP contribution in [0.4, 0.5) is 0 Å². The first-order valence-electron chi connectivity index (χ1n) is 5.10. The van der Waals surface area contributed by atoms with Gasteiger partial charge in [-0.15, -0.1) is 0 Å². The maximum atomic E-state index is 10.3. The van der Waals surface area contributed by atoms with Crippen LogP contribution in [0, 0.1) is 0 Å². The van der Waals surface area contributed by atoms with Gasteiger partial charge in [0, 0.05) is 6.54 Å². The maximum Gasteiger partial charge on any atom is 0.235 e. The number of allylic oxidation sites excluding steroid dienone is 2. The molecule has 5 nitrogen and oxygen atoms in total. The highest BCUT2D eigenvalue weighted by Gasteiger charge is 2.15. The summed E-state index contributed by atoms with van der Waals surface area (Å²) in [7, 11) is 0. The lowest BCUT2D eigenvalue weighted by Crippen LogP contribution is -2.23. The van der Waals surface area contributed by atoms with Gasteiger partial charge in [0.25, 0.3) is 0 Å². The molecule has 0 amide bonds. The van der Waals surface area contributed by atoms with Crippen molar-refractivity contribution >= 4 is 17.8 Å². The number of hydrogen-bond acceptors (Lipinski definition) is 5. The Labute approximate surface area is 93.4 Å². The molecule has 2 rings (SSSR count). The predicted octanol–water partition coefficient (Wildman–Crippen LogP) is 0.607. The molecule has 16 heavy (non-hydrogen) atoms. The number of nitrogens with zero attached hydrogens (tertiary/aromatic N) is 3. The van der Waals surface area contributed by atoms with Crippen molar-refractivity contribution in [3.63, 3.8) is 0 Å². The van der Waals surface area contributed by atoms with E-state index in [2.05, 4.69) is 20.3 Å². The van der Waals surface area contributed by atoms with Crippen LogP contribution in [0.1, 0.15) is 6.92 Å². The van der Waals surface area contributed by atoms with Gasteiger partial charge in [0.1, 0.15) is 6.04 Å². The monoisotopic (exact) mass is 216 g/mol. The quantitative estimate of drug-likeness (QED) is 0.515. The van der Waals surface area contributed by atoms with Crippen LogP contribution in [0.5, 0.6) is 0 Å². The minimum atomic E-state index is -0.340. The SMILES string of the molecule is CC1=CC(N=C=O)/C(=N/C2=NCCN2)C=C1. The van der Waals surface area contributed by atoms with E-state index in [9.17, 15) is 4.79 Å². The van der Waals surface area contributed by atoms with Crippen LogP contribution in [0.2, 0.25) is 0 Å². The van der Waals surface area contributed by atoms with Crippen LogP contribution in [0.15, 0.2) is 38.8 Å². The zero-order valence-electron chi connectivity index (χ0n) is 8.97. The van der Waals surface area contributed by atoms with Gasteiger partial charge in [0.15, 0.2) is 0 Å². The lowest BCUT2D eigenvalue weighted by atomic mass is 10.0. The van der Waals surface area contributed by atoms with Gasteiger partial charge in [-0.05, 0) is 13.0 Å². The zero-order valence-corrected chi connectivity index (χ0v) is 8.97. The van der Waals surface area contributed by atoms with E-state index in [1.807, 2.05) is 25.2 Å².